The normalized spacial score (nSPS) is 16.2. The van der Waals surface area contributed by atoms with E-state index in [1.165, 1.54) is 6.42 Å². The van der Waals surface area contributed by atoms with Gasteiger partial charge in [-0.05, 0) is 50.9 Å². The van der Waals surface area contributed by atoms with Crippen LogP contribution in [0.1, 0.15) is 29.6 Å². The van der Waals surface area contributed by atoms with Gasteiger partial charge in [0.15, 0.2) is 0 Å². The Hall–Kier alpha value is -1.55. The van der Waals surface area contributed by atoms with Crippen LogP contribution in [0.15, 0.2) is 24.3 Å². The van der Waals surface area contributed by atoms with Gasteiger partial charge in [0.25, 0.3) is 5.91 Å². The highest BCUT2D eigenvalue weighted by Crippen LogP contribution is 2.24. The third-order valence-electron chi connectivity index (χ3n) is 4.04. The van der Waals surface area contributed by atoms with Gasteiger partial charge in [0.05, 0.1) is 12.7 Å². The molecule has 1 fully saturated rings. The number of nitrogens with one attached hydrogen (secondary N) is 1. The second-order valence-corrected chi connectivity index (χ2v) is 5.33. The molecule has 20 heavy (non-hydrogen) atoms. The summed E-state index contributed by atoms with van der Waals surface area (Å²) in [5, 5.41) is 3.19. The Labute approximate surface area is 121 Å². The lowest BCUT2D eigenvalue weighted by Crippen LogP contribution is -2.39. The van der Waals surface area contributed by atoms with E-state index in [-0.39, 0.29) is 5.91 Å². The molecule has 0 radical (unpaired) electrons. The number of hydrogen-bond acceptors (Lipinski definition) is 3. The summed E-state index contributed by atoms with van der Waals surface area (Å²) in [6, 6.07) is 7.45. The van der Waals surface area contributed by atoms with Gasteiger partial charge in [-0.15, -0.1) is 0 Å². The van der Waals surface area contributed by atoms with Crippen LogP contribution in [0.25, 0.3) is 0 Å². The fraction of sp³-hybridized carbons (Fsp3) is 0.562. The van der Waals surface area contributed by atoms with E-state index in [2.05, 4.69) is 5.32 Å². The van der Waals surface area contributed by atoms with Gasteiger partial charge in [-0.25, -0.2) is 0 Å². The van der Waals surface area contributed by atoms with E-state index in [1.54, 1.807) is 7.11 Å². The summed E-state index contributed by atoms with van der Waals surface area (Å²) >= 11 is 0. The molecule has 1 heterocycles. The Morgan fingerprint density at radius 1 is 1.35 bits per heavy atom. The minimum absolute atomic E-state index is 0.0921. The predicted octanol–water partition coefficient (Wildman–Crippen LogP) is 2.16. The molecule has 0 spiro atoms. The minimum Gasteiger partial charge on any atom is -0.496 e. The maximum Gasteiger partial charge on any atom is 0.257 e. The summed E-state index contributed by atoms with van der Waals surface area (Å²) in [6.07, 6.45) is 3.40. The first-order chi connectivity index (χ1) is 9.76. The Kier molecular flexibility index (Phi) is 5.41. The van der Waals surface area contributed by atoms with E-state index >= 15 is 0 Å². The summed E-state index contributed by atoms with van der Waals surface area (Å²) in [7, 11) is 3.59. The fourth-order valence-electron chi connectivity index (χ4n) is 2.76. The molecule has 0 saturated carbocycles. The van der Waals surface area contributed by atoms with E-state index in [4.69, 9.17) is 4.74 Å². The molecule has 4 heteroatoms. The molecule has 1 N–H and O–H groups in total. The maximum atomic E-state index is 12.5. The molecule has 0 aliphatic carbocycles. The molecule has 4 nitrogen and oxygen atoms in total. The minimum atomic E-state index is 0.0921. The molecule has 0 unspecified atom stereocenters. The quantitative estimate of drug-likeness (QED) is 0.896. The number of piperidine rings is 1. The number of nitrogens with zero attached hydrogens (tertiary/aromatic N) is 1. The van der Waals surface area contributed by atoms with Crippen molar-refractivity contribution < 1.29 is 9.53 Å². The van der Waals surface area contributed by atoms with Crippen LogP contribution in [0.3, 0.4) is 0 Å². The molecular weight excluding hydrogens is 252 g/mol. The van der Waals surface area contributed by atoms with E-state index in [0.29, 0.717) is 11.3 Å². The van der Waals surface area contributed by atoms with Crippen LogP contribution in [0.5, 0.6) is 5.75 Å². The molecule has 0 aromatic heterocycles. The SMILES string of the molecule is CNCCC1CCN(C(=O)c2ccccc2OC)CC1. The van der Waals surface area contributed by atoms with Crippen LogP contribution in [-0.4, -0.2) is 44.6 Å². The van der Waals surface area contributed by atoms with Crippen molar-refractivity contribution in [1.29, 1.82) is 0 Å². The van der Waals surface area contributed by atoms with E-state index < -0.39 is 0 Å². The number of para-hydroxylation sites is 1. The Morgan fingerprint density at radius 2 is 2.05 bits per heavy atom. The van der Waals surface area contributed by atoms with Crippen molar-refractivity contribution in [3.8, 4) is 5.75 Å². The van der Waals surface area contributed by atoms with Crippen molar-refractivity contribution in [3.63, 3.8) is 0 Å². The number of carbonyl (C=O) groups excluding carboxylic acids is 1. The third kappa shape index (κ3) is 3.51. The highest BCUT2D eigenvalue weighted by Gasteiger charge is 2.24. The van der Waals surface area contributed by atoms with Crippen LogP contribution in [0.4, 0.5) is 0 Å². The summed E-state index contributed by atoms with van der Waals surface area (Å²) < 4.78 is 5.28. The van der Waals surface area contributed by atoms with Crippen molar-refractivity contribution in [2.45, 2.75) is 19.3 Å². The van der Waals surface area contributed by atoms with Crippen molar-refractivity contribution >= 4 is 5.91 Å². The van der Waals surface area contributed by atoms with E-state index in [9.17, 15) is 4.79 Å². The average molecular weight is 276 g/mol. The van der Waals surface area contributed by atoms with E-state index in [1.807, 2.05) is 36.2 Å². The highest BCUT2D eigenvalue weighted by molar-refractivity contribution is 5.97. The monoisotopic (exact) mass is 276 g/mol. The summed E-state index contributed by atoms with van der Waals surface area (Å²) in [6.45, 7) is 2.77. The topological polar surface area (TPSA) is 41.6 Å². The largest absolute Gasteiger partial charge is 0.496 e. The number of amides is 1. The van der Waals surface area contributed by atoms with Crippen molar-refractivity contribution in [2.75, 3.05) is 33.8 Å². The van der Waals surface area contributed by atoms with Crippen LogP contribution in [0, 0.1) is 5.92 Å². The summed E-state index contributed by atoms with van der Waals surface area (Å²) in [5.41, 5.74) is 0.670. The zero-order valence-corrected chi connectivity index (χ0v) is 12.4. The van der Waals surface area contributed by atoms with Gasteiger partial charge < -0.3 is 15.0 Å². The van der Waals surface area contributed by atoms with Crippen molar-refractivity contribution in [1.82, 2.24) is 10.2 Å². The van der Waals surface area contributed by atoms with Crippen molar-refractivity contribution in [3.05, 3.63) is 29.8 Å². The molecule has 0 bridgehead atoms. The van der Waals surface area contributed by atoms with Gasteiger partial charge >= 0.3 is 0 Å². The number of rotatable bonds is 5. The second kappa shape index (κ2) is 7.29. The van der Waals surface area contributed by atoms with Crippen LogP contribution in [0.2, 0.25) is 0 Å². The first-order valence-electron chi connectivity index (χ1n) is 7.33. The molecule has 0 atom stereocenters. The predicted molar refractivity (Wildman–Crippen MR) is 80.2 cm³/mol. The van der Waals surface area contributed by atoms with Crippen LogP contribution < -0.4 is 10.1 Å². The number of hydrogen-bond donors (Lipinski definition) is 1. The molecular formula is C16H24N2O2. The highest BCUT2D eigenvalue weighted by atomic mass is 16.5. The molecule has 1 aromatic rings. The molecule has 110 valence electrons. The smallest absolute Gasteiger partial charge is 0.257 e. The molecule has 1 aliphatic heterocycles. The lowest BCUT2D eigenvalue weighted by atomic mass is 9.93. The number of benzene rings is 1. The zero-order valence-electron chi connectivity index (χ0n) is 12.4. The Bertz CT molecular complexity index is 440. The van der Waals surface area contributed by atoms with E-state index in [0.717, 1.165) is 38.4 Å². The molecule has 2 rings (SSSR count). The zero-order chi connectivity index (χ0) is 14.4. The van der Waals surface area contributed by atoms with Gasteiger partial charge in [-0.1, -0.05) is 12.1 Å². The number of ether oxygens (including phenoxy) is 1. The number of likely N-dealkylation sites (tertiary alicyclic amines) is 1. The average Bonchev–Trinajstić information content (AvgIpc) is 2.52. The van der Waals surface area contributed by atoms with Crippen LogP contribution >= 0.6 is 0 Å². The Balaban J connectivity index is 1.94. The standard InChI is InChI=1S/C16H24N2O2/c1-17-10-7-13-8-11-18(12-9-13)16(19)14-5-3-4-6-15(14)20-2/h3-6,13,17H,7-12H2,1-2H3. The number of carbonyl (C=O) groups is 1. The van der Waals surface area contributed by atoms with Gasteiger partial charge in [0.1, 0.15) is 5.75 Å². The van der Waals surface area contributed by atoms with Gasteiger partial charge in [-0.2, -0.15) is 0 Å². The lowest BCUT2D eigenvalue weighted by molar-refractivity contribution is 0.0684. The molecule has 1 aromatic carbocycles. The first kappa shape index (κ1) is 14.9. The van der Waals surface area contributed by atoms with Gasteiger partial charge in [-0.3, -0.25) is 4.79 Å². The lowest BCUT2D eigenvalue weighted by Gasteiger charge is -2.32. The molecule has 1 aliphatic rings. The number of methoxy groups -OCH3 is 1. The molecule has 1 amide bonds. The molecule has 1 saturated heterocycles. The van der Waals surface area contributed by atoms with Crippen LogP contribution in [-0.2, 0) is 0 Å². The Morgan fingerprint density at radius 3 is 2.70 bits per heavy atom. The first-order valence-corrected chi connectivity index (χ1v) is 7.33. The second-order valence-electron chi connectivity index (χ2n) is 5.33. The van der Waals surface area contributed by atoms with Gasteiger partial charge in [0, 0.05) is 13.1 Å². The van der Waals surface area contributed by atoms with Crippen molar-refractivity contribution in [2.24, 2.45) is 5.92 Å². The summed E-state index contributed by atoms with van der Waals surface area (Å²) in [4.78, 5) is 14.5. The third-order valence-corrected chi connectivity index (χ3v) is 4.04. The maximum absolute atomic E-state index is 12.5. The van der Waals surface area contributed by atoms with Gasteiger partial charge in [0.2, 0.25) is 0 Å². The fourth-order valence-corrected chi connectivity index (χ4v) is 2.76. The summed E-state index contributed by atoms with van der Waals surface area (Å²) in [5.74, 6) is 1.49.